The van der Waals surface area contributed by atoms with Gasteiger partial charge in [0.15, 0.2) is 11.0 Å². The fourth-order valence-electron chi connectivity index (χ4n) is 1.36. The number of aromatic nitrogens is 3. The third kappa shape index (κ3) is 2.82. The van der Waals surface area contributed by atoms with Crippen LogP contribution >= 0.6 is 11.6 Å². The number of methoxy groups -OCH3 is 1. The summed E-state index contributed by atoms with van der Waals surface area (Å²) in [6, 6.07) is 3.76. The highest BCUT2D eigenvalue weighted by Crippen LogP contribution is 2.18. The van der Waals surface area contributed by atoms with Crippen molar-refractivity contribution in [2.24, 2.45) is 0 Å². The van der Waals surface area contributed by atoms with Crippen LogP contribution in [0.3, 0.4) is 0 Å². The van der Waals surface area contributed by atoms with E-state index < -0.39 is 0 Å². The largest absolute Gasteiger partial charge is 0.481 e. The van der Waals surface area contributed by atoms with E-state index in [-0.39, 0.29) is 0 Å². The molecule has 0 aliphatic heterocycles. The minimum Gasteiger partial charge on any atom is -0.481 e. The molecule has 2 rings (SSSR count). The lowest BCUT2D eigenvalue weighted by Gasteiger charge is -2.09. The van der Waals surface area contributed by atoms with Gasteiger partial charge in [0, 0.05) is 30.7 Å². The van der Waals surface area contributed by atoms with Gasteiger partial charge in [0.1, 0.15) is 0 Å². The number of anilines is 1. The van der Waals surface area contributed by atoms with Crippen molar-refractivity contribution in [2.75, 3.05) is 12.4 Å². The average molecular weight is 251 g/mol. The zero-order chi connectivity index (χ0) is 12.1. The highest BCUT2D eigenvalue weighted by molar-refractivity contribution is 6.31. The minimum atomic E-state index is 0.343. The highest BCUT2D eigenvalue weighted by atomic mass is 35.5. The third-order valence-corrected chi connectivity index (χ3v) is 2.42. The Balaban J connectivity index is 2.10. The minimum absolute atomic E-state index is 0.343. The van der Waals surface area contributed by atoms with Gasteiger partial charge in [-0.15, -0.1) is 0 Å². The first kappa shape index (κ1) is 11.6. The number of hydrogen-bond donors (Lipinski definition) is 1. The van der Waals surface area contributed by atoms with Gasteiger partial charge in [-0.3, -0.25) is 0 Å². The Hall–Kier alpha value is -1.88. The third-order valence-electron chi connectivity index (χ3n) is 2.14. The van der Waals surface area contributed by atoms with E-state index in [1.807, 2.05) is 12.1 Å². The molecule has 0 amide bonds. The van der Waals surface area contributed by atoms with Crippen molar-refractivity contribution >= 4 is 17.4 Å². The zero-order valence-electron chi connectivity index (χ0n) is 9.22. The number of rotatable bonds is 4. The molecule has 0 bridgehead atoms. The summed E-state index contributed by atoms with van der Waals surface area (Å²) in [6.07, 6.45) is 4.80. The number of halogens is 1. The Morgan fingerprint density at radius 3 is 2.82 bits per heavy atom. The van der Waals surface area contributed by atoms with Crippen LogP contribution in [-0.2, 0) is 6.54 Å². The highest BCUT2D eigenvalue weighted by Gasteiger charge is 2.05. The second-order valence-corrected chi connectivity index (χ2v) is 3.58. The Morgan fingerprint density at radius 2 is 2.06 bits per heavy atom. The van der Waals surface area contributed by atoms with Gasteiger partial charge < -0.3 is 10.1 Å². The fraction of sp³-hybridized carbons (Fsp3) is 0.182. The molecule has 2 heterocycles. The van der Waals surface area contributed by atoms with Crippen LogP contribution < -0.4 is 10.1 Å². The van der Waals surface area contributed by atoms with Crippen molar-refractivity contribution in [2.45, 2.75) is 6.54 Å². The van der Waals surface area contributed by atoms with Crippen molar-refractivity contribution in [1.29, 1.82) is 0 Å². The normalized spacial score (nSPS) is 10.0. The zero-order valence-corrected chi connectivity index (χ0v) is 9.98. The molecule has 0 fully saturated rings. The molecule has 88 valence electrons. The molecule has 0 aromatic carbocycles. The summed E-state index contributed by atoms with van der Waals surface area (Å²) in [5.74, 6) is 1.13. The Labute approximate surface area is 104 Å². The van der Waals surface area contributed by atoms with E-state index in [0.717, 1.165) is 5.56 Å². The van der Waals surface area contributed by atoms with Crippen LogP contribution in [0.15, 0.2) is 30.7 Å². The van der Waals surface area contributed by atoms with Crippen molar-refractivity contribution in [3.8, 4) is 5.88 Å². The molecule has 0 aliphatic carbocycles. The number of nitrogens with one attached hydrogen (secondary N) is 1. The van der Waals surface area contributed by atoms with Gasteiger partial charge in [0.25, 0.3) is 0 Å². The molecule has 6 heteroatoms. The summed E-state index contributed by atoms with van der Waals surface area (Å²) < 4.78 is 5.14. The van der Waals surface area contributed by atoms with Crippen LogP contribution in [0.1, 0.15) is 5.56 Å². The van der Waals surface area contributed by atoms with Crippen LogP contribution in [0.4, 0.5) is 5.82 Å². The molecular formula is C11H11ClN4O. The van der Waals surface area contributed by atoms with Crippen LogP contribution in [0.2, 0.25) is 5.15 Å². The van der Waals surface area contributed by atoms with Crippen LogP contribution in [0.5, 0.6) is 5.88 Å². The van der Waals surface area contributed by atoms with Crippen LogP contribution in [-0.4, -0.2) is 22.1 Å². The van der Waals surface area contributed by atoms with Crippen LogP contribution in [0, 0.1) is 0 Å². The van der Waals surface area contributed by atoms with Crippen molar-refractivity contribution < 1.29 is 4.74 Å². The maximum absolute atomic E-state index is 5.88. The maximum atomic E-state index is 5.88. The monoisotopic (exact) mass is 250 g/mol. The quantitative estimate of drug-likeness (QED) is 0.901. The first-order valence-corrected chi connectivity index (χ1v) is 5.37. The lowest BCUT2D eigenvalue weighted by Crippen LogP contribution is -2.04. The Morgan fingerprint density at radius 1 is 1.24 bits per heavy atom. The standard InChI is InChI=1S/C11H11ClN4O/c1-17-11-8(3-2-4-15-11)7-16-10-9(12)13-5-6-14-10/h2-6H,7H2,1H3,(H,14,16). The molecule has 2 aromatic heterocycles. The van der Waals surface area contributed by atoms with E-state index >= 15 is 0 Å². The van der Waals surface area contributed by atoms with E-state index in [4.69, 9.17) is 16.3 Å². The van der Waals surface area contributed by atoms with E-state index in [9.17, 15) is 0 Å². The van der Waals surface area contributed by atoms with Gasteiger partial charge in [-0.05, 0) is 6.07 Å². The van der Waals surface area contributed by atoms with Gasteiger partial charge in [-0.2, -0.15) is 0 Å². The lowest BCUT2D eigenvalue weighted by molar-refractivity contribution is 0.393. The summed E-state index contributed by atoms with van der Waals surface area (Å²) >= 11 is 5.88. The predicted octanol–water partition coefficient (Wildman–Crippen LogP) is 2.15. The summed E-state index contributed by atoms with van der Waals surface area (Å²) in [5.41, 5.74) is 0.928. The van der Waals surface area contributed by atoms with Gasteiger partial charge in [0.2, 0.25) is 5.88 Å². The summed E-state index contributed by atoms with van der Waals surface area (Å²) in [7, 11) is 1.58. The van der Waals surface area contributed by atoms with E-state index in [1.54, 1.807) is 19.5 Å². The Kier molecular flexibility index (Phi) is 3.72. The summed E-state index contributed by atoms with van der Waals surface area (Å²) in [4.78, 5) is 12.1. The molecule has 2 aromatic rings. The van der Waals surface area contributed by atoms with Crippen molar-refractivity contribution in [3.05, 3.63) is 41.4 Å². The molecule has 0 spiro atoms. The van der Waals surface area contributed by atoms with E-state index in [2.05, 4.69) is 20.3 Å². The molecule has 0 radical (unpaired) electrons. The SMILES string of the molecule is COc1ncccc1CNc1nccnc1Cl. The topological polar surface area (TPSA) is 59.9 Å². The lowest BCUT2D eigenvalue weighted by atomic mass is 10.2. The fourth-order valence-corrected chi connectivity index (χ4v) is 1.53. The van der Waals surface area contributed by atoms with E-state index in [1.165, 1.54) is 6.20 Å². The number of pyridine rings is 1. The van der Waals surface area contributed by atoms with E-state index in [0.29, 0.717) is 23.4 Å². The molecule has 0 saturated carbocycles. The average Bonchev–Trinajstić information content (AvgIpc) is 2.38. The van der Waals surface area contributed by atoms with Crippen molar-refractivity contribution in [3.63, 3.8) is 0 Å². The first-order chi connectivity index (χ1) is 8.31. The molecule has 1 N–H and O–H groups in total. The van der Waals surface area contributed by atoms with Gasteiger partial charge in [-0.1, -0.05) is 17.7 Å². The number of ether oxygens (including phenoxy) is 1. The van der Waals surface area contributed by atoms with Gasteiger partial charge in [0.05, 0.1) is 7.11 Å². The Bertz CT molecular complexity index is 506. The molecule has 0 saturated heterocycles. The van der Waals surface area contributed by atoms with Gasteiger partial charge in [-0.25, -0.2) is 15.0 Å². The molecular weight excluding hydrogens is 240 g/mol. The number of hydrogen-bond acceptors (Lipinski definition) is 5. The molecule has 5 nitrogen and oxygen atoms in total. The van der Waals surface area contributed by atoms with Crippen molar-refractivity contribution in [1.82, 2.24) is 15.0 Å². The van der Waals surface area contributed by atoms with Gasteiger partial charge >= 0.3 is 0 Å². The molecule has 0 atom stereocenters. The predicted molar refractivity (Wildman–Crippen MR) is 65.2 cm³/mol. The first-order valence-electron chi connectivity index (χ1n) is 4.99. The summed E-state index contributed by atoms with van der Waals surface area (Å²) in [5, 5.41) is 3.42. The second kappa shape index (κ2) is 5.45. The summed E-state index contributed by atoms with van der Waals surface area (Å²) in [6.45, 7) is 0.523. The smallest absolute Gasteiger partial charge is 0.218 e. The number of nitrogens with zero attached hydrogens (tertiary/aromatic N) is 3. The second-order valence-electron chi connectivity index (χ2n) is 3.22. The maximum Gasteiger partial charge on any atom is 0.218 e. The molecule has 17 heavy (non-hydrogen) atoms. The molecule has 0 aliphatic rings. The van der Waals surface area contributed by atoms with Crippen LogP contribution in [0.25, 0.3) is 0 Å². The molecule has 0 unspecified atom stereocenters.